The number of carbonyl (C=O) groups excluding carboxylic acids is 2. The fourth-order valence-corrected chi connectivity index (χ4v) is 2.18. The highest BCUT2D eigenvalue weighted by atomic mass is 16.1. The largest absolute Gasteiger partial charge is 0.299 e. The number of Topliss-reactive ketones (excluding diaryl/α,β-unsaturated/α-hetero) is 1. The summed E-state index contributed by atoms with van der Waals surface area (Å²) >= 11 is 0. The van der Waals surface area contributed by atoms with Gasteiger partial charge in [-0.05, 0) is 24.5 Å². The van der Waals surface area contributed by atoms with Crippen LogP contribution in [0.5, 0.6) is 0 Å². The molecule has 0 saturated heterocycles. The summed E-state index contributed by atoms with van der Waals surface area (Å²) in [6, 6.07) is 7.40. The lowest BCUT2D eigenvalue weighted by atomic mass is 9.82. The van der Waals surface area contributed by atoms with Crippen LogP contribution in [0.15, 0.2) is 24.3 Å². The highest BCUT2D eigenvalue weighted by Crippen LogP contribution is 2.29. The minimum atomic E-state index is 0.0265. The van der Waals surface area contributed by atoms with E-state index in [0.717, 1.165) is 31.1 Å². The standard InChI is InChI=1S/C13H14O2/c14-9-10-4-3-5-11(8-10)12-6-1-2-7-13(12)15/h3-5,8-9,12H,1-2,6-7H2. The maximum Gasteiger partial charge on any atom is 0.150 e. The van der Waals surface area contributed by atoms with Crippen molar-refractivity contribution < 1.29 is 9.59 Å². The van der Waals surface area contributed by atoms with Gasteiger partial charge in [-0.3, -0.25) is 9.59 Å². The zero-order valence-electron chi connectivity index (χ0n) is 8.61. The Morgan fingerprint density at radius 1 is 1.27 bits per heavy atom. The van der Waals surface area contributed by atoms with Crippen LogP contribution in [0.4, 0.5) is 0 Å². The van der Waals surface area contributed by atoms with Crippen LogP contribution >= 0.6 is 0 Å². The SMILES string of the molecule is O=Cc1cccc(C2CCCCC2=O)c1. The zero-order chi connectivity index (χ0) is 10.7. The molecule has 0 radical (unpaired) electrons. The summed E-state index contributed by atoms with van der Waals surface area (Å²) in [5.41, 5.74) is 1.66. The monoisotopic (exact) mass is 202 g/mol. The van der Waals surface area contributed by atoms with Crippen molar-refractivity contribution in [2.45, 2.75) is 31.6 Å². The van der Waals surface area contributed by atoms with Gasteiger partial charge in [0.1, 0.15) is 12.1 Å². The molecule has 1 saturated carbocycles. The Bertz CT molecular complexity index is 382. The molecule has 1 aliphatic rings. The number of aldehydes is 1. The lowest BCUT2D eigenvalue weighted by molar-refractivity contribution is -0.121. The van der Waals surface area contributed by atoms with Crippen molar-refractivity contribution in [3.8, 4) is 0 Å². The highest BCUT2D eigenvalue weighted by Gasteiger charge is 2.23. The van der Waals surface area contributed by atoms with Crippen LogP contribution in [0, 0.1) is 0 Å². The van der Waals surface area contributed by atoms with Crippen molar-refractivity contribution >= 4 is 12.1 Å². The fourth-order valence-electron chi connectivity index (χ4n) is 2.18. The zero-order valence-corrected chi connectivity index (χ0v) is 8.61. The molecule has 1 fully saturated rings. The first-order valence-corrected chi connectivity index (χ1v) is 5.39. The fraction of sp³-hybridized carbons (Fsp3) is 0.385. The molecule has 2 rings (SSSR count). The van der Waals surface area contributed by atoms with Gasteiger partial charge in [-0.15, -0.1) is 0 Å². The Hall–Kier alpha value is -1.44. The minimum absolute atomic E-state index is 0.0265. The number of carbonyl (C=O) groups is 2. The van der Waals surface area contributed by atoms with E-state index in [0.29, 0.717) is 17.8 Å². The Morgan fingerprint density at radius 2 is 2.13 bits per heavy atom. The van der Waals surface area contributed by atoms with E-state index in [2.05, 4.69) is 0 Å². The molecule has 15 heavy (non-hydrogen) atoms. The van der Waals surface area contributed by atoms with Crippen molar-refractivity contribution in [3.63, 3.8) is 0 Å². The molecule has 0 aromatic heterocycles. The molecule has 0 N–H and O–H groups in total. The van der Waals surface area contributed by atoms with Crippen molar-refractivity contribution in [3.05, 3.63) is 35.4 Å². The molecule has 2 nitrogen and oxygen atoms in total. The first kappa shape index (κ1) is 10.1. The summed E-state index contributed by atoms with van der Waals surface area (Å²) in [5.74, 6) is 0.350. The number of hydrogen-bond acceptors (Lipinski definition) is 2. The predicted molar refractivity (Wildman–Crippen MR) is 58.0 cm³/mol. The maximum atomic E-state index is 11.7. The molecule has 0 aliphatic heterocycles. The molecule has 78 valence electrons. The second-order valence-electron chi connectivity index (χ2n) is 4.05. The van der Waals surface area contributed by atoms with Gasteiger partial charge in [-0.25, -0.2) is 0 Å². The summed E-state index contributed by atoms with van der Waals surface area (Å²) < 4.78 is 0. The van der Waals surface area contributed by atoms with E-state index < -0.39 is 0 Å². The van der Waals surface area contributed by atoms with Gasteiger partial charge in [0.05, 0.1) is 0 Å². The molecule has 1 aromatic rings. The van der Waals surface area contributed by atoms with Crippen LogP contribution < -0.4 is 0 Å². The smallest absolute Gasteiger partial charge is 0.150 e. The highest BCUT2D eigenvalue weighted by molar-refractivity contribution is 5.87. The van der Waals surface area contributed by atoms with E-state index in [1.807, 2.05) is 18.2 Å². The van der Waals surface area contributed by atoms with Gasteiger partial charge in [0, 0.05) is 17.9 Å². The van der Waals surface area contributed by atoms with Gasteiger partial charge in [0.2, 0.25) is 0 Å². The lowest BCUT2D eigenvalue weighted by Crippen LogP contribution is -2.17. The number of ketones is 1. The van der Waals surface area contributed by atoms with Gasteiger partial charge in [0.25, 0.3) is 0 Å². The summed E-state index contributed by atoms with van der Waals surface area (Å²) in [7, 11) is 0. The second kappa shape index (κ2) is 4.39. The minimum Gasteiger partial charge on any atom is -0.299 e. The van der Waals surface area contributed by atoms with Crippen molar-refractivity contribution in [2.24, 2.45) is 0 Å². The molecule has 0 amide bonds. The molecule has 0 spiro atoms. The van der Waals surface area contributed by atoms with Crippen LogP contribution in [0.1, 0.15) is 47.5 Å². The maximum absolute atomic E-state index is 11.7. The third kappa shape index (κ3) is 2.14. The van der Waals surface area contributed by atoms with Crippen LogP contribution in [-0.2, 0) is 4.79 Å². The predicted octanol–water partition coefficient (Wildman–Crippen LogP) is 2.73. The Morgan fingerprint density at radius 3 is 2.87 bits per heavy atom. The van der Waals surface area contributed by atoms with Gasteiger partial charge < -0.3 is 0 Å². The summed E-state index contributed by atoms with van der Waals surface area (Å²) in [4.78, 5) is 22.3. The van der Waals surface area contributed by atoms with E-state index >= 15 is 0 Å². The van der Waals surface area contributed by atoms with E-state index in [4.69, 9.17) is 0 Å². The van der Waals surface area contributed by atoms with E-state index in [9.17, 15) is 9.59 Å². The van der Waals surface area contributed by atoms with E-state index in [-0.39, 0.29) is 5.92 Å². The first-order chi connectivity index (χ1) is 7.31. The number of rotatable bonds is 2. The van der Waals surface area contributed by atoms with Crippen LogP contribution in [0.2, 0.25) is 0 Å². The molecule has 0 heterocycles. The molecule has 2 heteroatoms. The van der Waals surface area contributed by atoms with Gasteiger partial charge >= 0.3 is 0 Å². The topological polar surface area (TPSA) is 34.1 Å². The van der Waals surface area contributed by atoms with Crippen molar-refractivity contribution in [1.82, 2.24) is 0 Å². The Kier molecular flexibility index (Phi) is 2.95. The molecule has 1 aromatic carbocycles. The van der Waals surface area contributed by atoms with Crippen molar-refractivity contribution in [2.75, 3.05) is 0 Å². The van der Waals surface area contributed by atoms with Gasteiger partial charge in [-0.2, -0.15) is 0 Å². The molecule has 1 aliphatic carbocycles. The van der Waals surface area contributed by atoms with Gasteiger partial charge in [0.15, 0.2) is 0 Å². The Labute approximate surface area is 89.3 Å². The average molecular weight is 202 g/mol. The molecular formula is C13H14O2. The summed E-state index contributed by atoms with van der Waals surface area (Å²) in [6.45, 7) is 0. The third-order valence-corrected chi connectivity index (χ3v) is 3.00. The lowest BCUT2D eigenvalue weighted by Gasteiger charge is -2.20. The average Bonchev–Trinajstić information content (AvgIpc) is 2.30. The van der Waals surface area contributed by atoms with E-state index in [1.165, 1.54) is 0 Å². The molecule has 0 bridgehead atoms. The molecule has 1 atom stereocenters. The first-order valence-electron chi connectivity index (χ1n) is 5.39. The number of benzene rings is 1. The second-order valence-corrected chi connectivity index (χ2v) is 4.05. The normalized spacial score (nSPS) is 21.3. The summed E-state index contributed by atoms with van der Waals surface area (Å²) in [5, 5.41) is 0. The third-order valence-electron chi connectivity index (χ3n) is 3.00. The van der Waals surface area contributed by atoms with Crippen LogP contribution in [0.25, 0.3) is 0 Å². The molecular weight excluding hydrogens is 188 g/mol. The quantitative estimate of drug-likeness (QED) is 0.691. The summed E-state index contributed by atoms with van der Waals surface area (Å²) in [6.07, 6.45) is 4.58. The molecule has 1 unspecified atom stereocenters. The number of hydrogen-bond donors (Lipinski definition) is 0. The Balaban J connectivity index is 2.27. The van der Waals surface area contributed by atoms with E-state index in [1.54, 1.807) is 6.07 Å². The van der Waals surface area contributed by atoms with Crippen LogP contribution in [-0.4, -0.2) is 12.1 Å². The van der Waals surface area contributed by atoms with Gasteiger partial charge in [-0.1, -0.05) is 24.6 Å². The van der Waals surface area contributed by atoms with Crippen molar-refractivity contribution in [1.29, 1.82) is 0 Å². The van der Waals surface area contributed by atoms with Crippen LogP contribution in [0.3, 0.4) is 0 Å².